The number of anilines is 1. The Hall–Kier alpha value is -1.82. The molecule has 2 aromatic rings. The molecule has 0 atom stereocenters. The minimum absolute atomic E-state index is 0.0998. The van der Waals surface area contributed by atoms with Gasteiger partial charge in [-0.15, -0.1) is 0 Å². The molecule has 0 bridgehead atoms. The first-order valence-electron chi connectivity index (χ1n) is 5.39. The largest absolute Gasteiger partial charge is 0.359 e. The molecule has 1 amide bonds. The van der Waals surface area contributed by atoms with Crippen molar-refractivity contribution in [2.24, 2.45) is 0 Å². The minimum Gasteiger partial charge on any atom is -0.359 e. The van der Waals surface area contributed by atoms with Crippen LogP contribution in [-0.2, 0) is 11.3 Å². The molecule has 96 valence electrons. The number of amides is 1. The number of halogens is 1. The minimum atomic E-state index is -0.202. The van der Waals surface area contributed by atoms with Crippen LogP contribution in [-0.4, -0.2) is 20.8 Å². The van der Waals surface area contributed by atoms with Crippen LogP contribution in [0.2, 0.25) is 5.02 Å². The van der Waals surface area contributed by atoms with Crippen LogP contribution in [0.3, 0.4) is 0 Å². The summed E-state index contributed by atoms with van der Waals surface area (Å²) in [5.41, 5.74) is 2.01. The second kappa shape index (κ2) is 4.81. The maximum Gasteiger partial charge on any atom is 0.246 e. The second-order valence-corrected chi connectivity index (χ2v) is 4.39. The summed E-state index contributed by atoms with van der Waals surface area (Å²) in [6.45, 7) is 5.41. The van der Waals surface area contributed by atoms with E-state index >= 15 is 0 Å². The Balaban J connectivity index is 2.08. The number of nitrogens with zero attached hydrogens (tertiary/aromatic N) is 3. The second-order valence-electron chi connectivity index (χ2n) is 3.98. The number of aromatic nitrogens is 3. The maximum atomic E-state index is 11.9. The molecule has 1 N–H and O–H groups in total. The van der Waals surface area contributed by atoms with Crippen molar-refractivity contribution in [1.29, 1.82) is 0 Å². The molecule has 7 heteroatoms. The van der Waals surface area contributed by atoms with E-state index in [2.05, 4.69) is 15.6 Å². The Labute approximate surface area is 109 Å². The van der Waals surface area contributed by atoms with Crippen LogP contribution in [0.1, 0.15) is 17.1 Å². The predicted octanol–water partition coefficient (Wildman–Crippen LogP) is 2.09. The molecular weight excluding hydrogens is 256 g/mol. The lowest BCUT2D eigenvalue weighted by Gasteiger charge is -2.06. The van der Waals surface area contributed by atoms with E-state index in [1.807, 2.05) is 0 Å². The lowest BCUT2D eigenvalue weighted by atomic mass is 10.3. The van der Waals surface area contributed by atoms with Gasteiger partial charge in [0.05, 0.1) is 16.9 Å². The van der Waals surface area contributed by atoms with Crippen LogP contribution in [0, 0.1) is 20.8 Å². The highest BCUT2D eigenvalue weighted by molar-refractivity contribution is 6.31. The summed E-state index contributed by atoms with van der Waals surface area (Å²) < 4.78 is 6.50. The van der Waals surface area contributed by atoms with Crippen molar-refractivity contribution in [3.63, 3.8) is 0 Å². The highest BCUT2D eigenvalue weighted by Crippen LogP contribution is 2.19. The van der Waals surface area contributed by atoms with E-state index in [9.17, 15) is 4.79 Å². The van der Waals surface area contributed by atoms with Gasteiger partial charge in [-0.25, -0.2) is 0 Å². The lowest BCUT2D eigenvalue weighted by Crippen LogP contribution is -2.20. The topological polar surface area (TPSA) is 73.0 Å². The number of hydrogen-bond donors (Lipinski definition) is 1. The highest BCUT2D eigenvalue weighted by Gasteiger charge is 2.14. The van der Waals surface area contributed by atoms with Gasteiger partial charge in [0.15, 0.2) is 5.76 Å². The molecule has 2 heterocycles. The molecule has 0 unspecified atom stereocenters. The van der Waals surface area contributed by atoms with Crippen molar-refractivity contribution < 1.29 is 9.32 Å². The summed E-state index contributed by atoms with van der Waals surface area (Å²) in [7, 11) is 0. The highest BCUT2D eigenvalue weighted by atomic mass is 35.5. The zero-order valence-corrected chi connectivity index (χ0v) is 11.1. The fraction of sp³-hybridized carbons (Fsp3) is 0.364. The standard InChI is InChI=1S/C11H13ClN4O2/c1-6-11(8(3)18-15-6)14-10(17)5-16-7(2)9(12)4-13-16/h4H,5H2,1-3H3,(H,14,17). The molecule has 0 aliphatic heterocycles. The third kappa shape index (κ3) is 2.38. The van der Waals surface area contributed by atoms with Gasteiger partial charge in [-0.2, -0.15) is 5.10 Å². The van der Waals surface area contributed by atoms with E-state index in [-0.39, 0.29) is 12.5 Å². The van der Waals surface area contributed by atoms with E-state index in [0.717, 1.165) is 5.69 Å². The summed E-state index contributed by atoms with van der Waals surface area (Å²) in [5.74, 6) is 0.378. The fourth-order valence-corrected chi connectivity index (χ4v) is 1.70. The average molecular weight is 269 g/mol. The first-order chi connectivity index (χ1) is 8.49. The SMILES string of the molecule is Cc1noc(C)c1NC(=O)Cn1ncc(Cl)c1C. The Morgan fingerprint density at radius 2 is 2.22 bits per heavy atom. The van der Waals surface area contributed by atoms with Gasteiger partial charge in [0.2, 0.25) is 5.91 Å². The molecule has 0 radical (unpaired) electrons. The molecule has 0 aromatic carbocycles. The Morgan fingerprint density at radius 1 is 1.50 bits per heavy atom. The number of carbonyl (C=O) groups excluding carboxylic acids is 1. The molecule has 0 saturated heterocycles. The number of nitrogens with one attached hydrogen (secondary N) is 1. The molecule has 2 rings (SSSR count). The molecule has 0 aliphatic rings. The molecule has 0 saturated carbocycles. The first kappa shape index (κ1) is 12.6. The smallest absolute Gasteiger partial charge is 0.246 e. The van der Waals surface area contributed by atoms with Crippen molar-refractivity contribution in [3.8, 4) is 0 Å². The summed E-state index contributed by atoms with van der Waals surface area (Å²) in [4.78, 5) is 11.9. The van der Waals surface area contributed by atoms with Gasteiger partial charge in [-0.3, -0.25) is 9.48 Å². The molecule has 18 heavy (non-hydrogen) atoms. The van der Waals surface area contributed by atoms with E-state index in [1.54, 1.807) is 20.8 Å². The number of rotatable bonds is 3. The van der Waals surface area contributed by atoms with Crippen LogP contribution >= 0.6 is 11.6 Å². The fourth-order valence-electron chi connectivity index (χ4n) is 1.56. The van der Waals surface area contributed by atoms with Crippen molar-refractivity contribution in [3.05, 3.63) is 28.4 Å². The molecule has 2 aromatic heterocycles. The molecule has 6 nitrogen and oxygen atoms in total. The van der Waals surface area contributed by atoms with E-state index in [1.165, 1.54) is 10.9 Å². The Bertz CT molecular complexity index is 568. The normalized spacial score (nSPS) is 10.7. The van der Waals surface area contributed by atoms with Crippen molar-refractivity contribution in [2.75, 3.05) is 5.32 Å². The third-order valence-electron chi connectivity index (χ3n) is 2.63. The van der Waals surface area contributed by atoms with Gasteiger partial charge in [0.1, 0.15) is 17.9 Å². The monoisotopic (exact) mass is 268 g/mol. The van der Waals surface area contributed by atoms with E-state index in [0.29, 0.717) is 22.2 Å². The van der Waals surface area contributed by atoms with Crippen molar-refractivity contribution in [2.45, 2.75) is 27.3 Å². The van der Waals surface area contributed by atoms with Crippen LogP contribution in [0.5, 0.6) is 0 Å². The molecular formula is C11H13ClN4O2. The summed E-state index contributed by atoms with van der Waals surface area (Å²) in [6, 6.07) is 0. The molecule has 0 spiro atoms. The quantitative estimate of drug-likeness (QED) is 0.925. The van der Waals surface area contributed by atoms with Crippen LogP contribution in [0.15, 0.2) is 10.7 Å². The number of aryl methyl sites for hydroxylation is 2. The van der Waals surface area contributed by atoms with Gasteiger partial charge in [0.25, 0.3) is 0 Å². The van der Waals surface area contributed by atoms with Crippen molar-refractivity contribution in [1.82, 2.24) is 14.9 Å². The van der Waals surface area contributed by atoms with Crippen molar-refractivity contribution >= 4 is 23.2 Å². The van der Waals surface area contributed by atoms with Gasteiger partial charge >= 0.3 is 0 Å². The summed E-state index contributed by atoms with van der Waals surface area (Å²) in [6.07, 6.45) is 1.51. The van der Waals surface area contributed by atoms with Gasteiger partial charge in [0, 0.05) is 0 Å². The molecule has 0 aliphatic carbocycles. The number of carbonyl (C=O) groups is 1. The predicted molar refractivity (Wildman–Crippen MR) is 66.6 cm³/mol. The van der Waals surface area contributed by atoms with Gasteiger partial charge in [-0.05, 0) is 20.8 Å². The zero-order chi connectivity index (χ0) is 13.3. The van der Waals surface area contributed by atoms with Gasteiger partial charge < -0.3 is 9.84 Å². The van der Waals surface area contributed by atoms with Gasteiger partial charge in [-0.1, -0.05) is 16.8 Å². The van der Waals surface area contributed by atoms with E-state index < -0.39 is 0 Å². The first-order valence-corrected chi connectivity index (χ1v) is 5.77. The Morgan fingerprint density at radius 3 is 2.72 bits per heavy atom. The summed E-state index contributed by atoms with van der Waals surface area (Å²) >= 11 is 5.87. The van der Waals surface area contributed by atoms with Crippen LogP contribution in [0.25, 0.3) is 0 Å². The number of hydrogen-bond acceptors (Lipinski definition) is 4. The summed E-state index contributed by atoms with van der Waals surface area (Å²) in [5, 5.41) is 11.1. The maximum absolute atomic E-state index is 11.9. The third-order valence-corrected chi connectivity index (χ3v) is 3.01. The van der Waals surface area contributed by atoms with Crippen LogP contribution < -0.4 is 5.32 Å². The zero-order valence-electron chi connectivity index (χ0n) is 10.3. The van der Waals surface area contributed by atoms with E-state index in [4.69, 9.17) is 16.1 Å². The average Bonchev–Trinajstić information content (AvgIpc) is 2.79. The lowest BCUT2D eigenvalue weighted by molar-refractivity contribution is -0.116. The van der Waals surface area contributed by atoms with Crippen LogP contribution in [0.4, 0.5) is 5.69 Å². The molecule has 0 fully saturated rings. The Kier molecular flexibility index (Phi) is 3.38.